The van der Waals surface area contributed by atoms with Crippen LogP contribution in [0.4, 0.5) is 4.39 Å². The number of benzene rings is 1. The first-order valence-corrected chi connectivity index (χ1v) is 7.31. The van der Waals surface area contributed by atoms with Crippen LogP contribution in [-0.4, -0.2) is 20.2 Å². The third-order valence-electron chi connectivity index (χ3n) is 2.54. The molecule has 0 aliphatic heterocycles. The normalized spacial score (nSPS) is 13.6. The van der Waals surface area contributed by atoms with E-state index in [2.05, 4.69) is 0 Å². The van der Waals surface area contributed by atoms with Crippen molar-refractivity contribution in [2.24, 2.45) is 5.73 Å². The molecule has 2 N–H and O–H groups in total. The minimum Gasteiger partial charge on any atom is -0.330 e. The number of nitrogens with two attached hydrogens (primary N) is 1. The van der Waals surface area contributed by atoms with Crippen LogP contribution in [-0.2, 0) is 15.6 Å². The minimum absolute atomic E-state index is 0.0656. The lowest BCUT2D eigenvalue weighted by Crippen LogP contribution is -2.22. The van der Waals surface area contributed by atoms with Gasteiger partial charge >= 0.3 is 0 Å². The van der Waals surface area contributed by atoms with Gasteiger partial charge in [-0.15, -0.1) is 0 Å². The lowest BCUT2D eigenvalue weighted by atomic mass is 10.2. The molecule has 0 aliphatic rings. The standard InChI is InChI=1S/C11H15ClFNO2S/c1-8(4-5-14)17(15,16)7-9-2-3-11(13)10(12)6-9/h2-3,6,8H,4-5,7,14H2,1H3. The Morgan fingerprint density at radius 1 is 1.47 bits per heavy atom. The van der Waals surface area contributed by atoms with E-state index in [1.165, 1.54) is 18.2 Å². The Bertz CT molecular complexity index is 490. The molecule has 1 aromatic rings. The largest absolute Gasteiger partial charge is 0.330 e. The summed E-state index contributed by atoms with van der Waals surface area (Å²) in [7, 11) is -3.27. The molecule has 1 aromatic carbocycles. The van der Waals surface area contributed by atoms with Crippen molar-refractivity contribution in [2.75, 3.05) is 6.54 Å². The molecule has 96 valence electrons. The van der Waals surface area contributed by atoms with Crippen molar-refractivity contribution in [3.63, 3.8) is 0 Å². The van der Waals surface area contributed by atoms with E-state index in [4.69, 9.17) is 17.3 Å². The summed E-state index contributed by atoms with van der Waals surface area (Å²) in [5.41, 5.74) is 5.81. The highest BCUT2D eigenvalue weighted by Crippen LogP contribution is 2.19. The fourth-order valence-electron chi connectivity index (χ4n) is 1.42. The Hall–Kier alpha value is -0.650. The monoisotopic (exact) mass is 279 g/mol. The maximum absolute atomic E-state index is 12.9. The molecule has 3 nitrogen and oxygen atoms in total. The summed E-state index contributed by atoms with van der Waals surface area (Å²) in [6.45, 7) is 1.94. The van der Waals surface area contributed by atoms with Gasteiger partial charge in [0.2, 0.25) is 0 Å². The molecule has 6 heteroatoms. The first-order chi connectivity index (χ1) is 7.86. The third-order valence-corrected chi connectivity index (χ3v) is 5.03. The first-order valence-electron chi connectivity index (χ1n) is 5.22. The topological polar surface area (TPSA) is 60.2 Å². The molecule has 1 rings (SSSR count). The zero-order valence-electron chi connectivity index (χ0n) is 9.49. The molecule has 0 bridgehead atoms. The van der Waals surface area contributed by atoms with E-state index in [0.29, 0.717) is 18.5 Å². The second kappa shape index (κ2) is 5.80. The van der Waals surface area contributed by atoms with Crippen LogP contribution in [0.5, 0.6) is 0 Å². The van der Waals surface area contributed by atoms with Crippen LogP contribution in [0.15, 0.2) is 18.2 Å². The van der Waals surface area contributed by atoms with E-state index < -0.39 is 20.9 Å². The van der Waals surface area contributed by atoms with Gasteiger partial charge in [-0.2, -0.15) is 0 Å². The van der Waals surface area contributed by atoms with Crippen LogP contribution >= 0.6 is 11.6 Å². The van der Waals surface area contributed by atoms with E-state index in [9.17, 15) is 12.8 Å². The molecule has 0 saturated heterocycles. The molecular formula is C11H15ClFNO2S. The summed E-state index contributed by atoms with van der Waals surface area (Å²) in [5.74, 6) is -0.698. The number of hydrogen-bond donors (Lipinski definition) is 1. The Balaban J connectivity index is 2.86. The molecule has 0 radical (unpaired) electrons. The van der Waals surface area contributed by atoms with Gasteiger partial charge in [-0.25, -0.2) is 12.8 Å². The summed E-state index contributed by atoms with van der Waals surface area (Å²) in [6, 6.07) is 3.93. The third kappa shape index (κ3) is 3.94. The fraction of sp³-hybridized carbons (Fsp3) is 0.455. The Morgan fingerprint density at radius 2 is 2.12 bits per heavy atom. The second-order valence-electron chi connectivity index (χ2n) is 3.94. The van der Waals surface area contributed by atoms with Gasteiger partial charge in [0.25, 0.3) is 0 Å². The van der Waals surface area contributed by atoms with Crippen molar-refractivity contribution in [1.82, 2.24) is 0 Å². The maximum Gasteiger partial charge on any atom is 0.157 e. The van der Waals surface area contributed by atoms with Gasteiger partial charge < -0.3 is 5.73 Å². The summed E-state index contributed by atoms with van der Waals surface area (Å²) in [6.07, 6.45) is 0.414. The molecule has 0 saturated carbocycles. The average molecular weight is 280 g/mol. The predicted molar refractivity (Wildman–Crippen MR) is 67.2 cm³/mol. The van der Waals surface area contributed by atoms with E-state index >= 15 is 0 Å². The quantitative estimate of drug-likeness (QED) is 0.898. The van der Waals surface area contributed by atoms with Gasteiger partial charge in [0.05, 0.1) is 16.0 Å². The molecule has 0 spiro atoms. The van der Waals surface area contributed by atoms with Crippen molar-refractivity contribution in [1.29, 1.82) is 0 Å². The average Bonchev–Trinajstić information content (AvgIpc) is 2.23. The molecular weight excluding hydrogens is 265 g/mol. The highest BCUT2D eigenvalue weighted by Gasteiger charge is 2.20. The van der Waals surface area contributed by atoms with Gasteiger partial charge in [-0.3, -0.25) is 0 Å². The predicted octanol–water partition coefficient (Wildman–Crippen LogP) is 2.13. The van der Waals surface area contributed by atoms with E-state index in [-0.39, 0.29) is 10.8 Å². The second-order valence-corrected chi connectivity index (χ2v) is 6.77. The van der Waals surface area contributed by atoms with Gasteiger partial charge in [0.1, 0.15) is 5.82 Å². The summed E-state index contributed by atoms with van der Waals surface area (Å²) >= 11 is 5.59. The van der Waals surface area contributed by atoms with Gasteiger partial charge in [-0.1, -0.05) is 17.7 Å². The van der Waals surface area contributed by atoms with Crippen LogP contribution in [0.2, 0.25) is 5.02 Å². The first kappa shape index (κ1) is 14.4. The molecule has 0 aromatic heterocycles. The Labute approximate surface area is 106 Å². The molecule has 0 aliphatic carbocycles. The van der Waals surface area contributed by atoms with Crippen molar-refractivity contribution in [2.45, 2.75) is 24.3 Å². The molecule has 1 unspecified atom stereocenters. The van der Waals surface area contributed by atoms with Crippen molar-refractivity contribution >= 4 is 21.4 Å². The SMILES string of the molecule is CC(CCN)S(=O)(=O)Cc1ccc(F)c(Cl)c1. The van der Waals surface area contributed by atoms with E-state index in [0.717, 1.165) is 0 Å². The van der Waals surface area contributed by atoms with Gasteiger partial charge in [-0.05, 0) is 37.6 Å². The number of hydrogen-bond acceptors (Lipinski definition) is 3. The zero-order valence-corrected chi connectivity index (χ0v) is 11.1. The maximum atomic E-state index is 12.9. The van der Waals surface area contributed by atoms with Gasteiger partial charge in [0.15, 0.2) is 9.84 Å². The molecule has 0 fully saturated rings. The van der Waals surface area contributed by atoms with Crippen molar-refractivity contribution in [3.05, 3.63) is 34.6 Å². The number of sulfone groups is 1. The fourth-order valence-corrected chi connectivity index (χ4v) is 3.05. The minimum atomic E-state index is -3.27. The highest BCUT2D eigenvalue weighted by molar-refractivity contribution is 7.91. The van der Waals surface area contributed by atoms with Gasteiger partial charge in [0, 0.05) is 0 Å². The van der Waals surface area contributed by atoms with Crippen LogP contribution in [0.25, 0.3) is 0 Å². The molecule has 1 atom stereocenters. The lowest BCUT2D eigenvalue weighted by Gasteiger charge is -2.12. The lowest BCUT2D eigenvalue weighted by molar-refractivity contribution is 0.577. The van der Waals surface area contributed by atoms with Crippen molar-refractivity contribution < 1.29 is 12.8 Å². The summed E-state index contributed by atoms with van der Waals surface area (Å²) < 4.78 is 36.7. The van der Waals surface area contributed by atoms with E-state index in [1.807, 2.05) is 0 Å². The highest BCUT2D eigenvalue weighted by atomic mass is 35.5. The Morgan fingerprint density at radius 3 is 2.65 bits per heavy atom. The zero-order chi connectivity index (χ0) is 13.1. The number of halogens is 2. The van der Waals surface area contributed by atoms with Crippen molar-refractivity contribution in [3.8, 4) is 0 Å². The smallest absolute Gasteiger partial charge is 0.157 e. The Kier molecular flexibility index (Phi) is 4.91. The van der Waals surface area contributed by atoms with Crippen LogP contribution in [0.3, 0.4) is 0 Å². The molecule has 0 amide bonds. The van der Waals surface area contributed by atoms with E-state index in [1.54, 1.807) is 6.92 Å². The van der Waals surface area contributed by atoms with Crippen LogP contribution < -0.4 is 5.73 Å². The molecule has 0 heterocycles. The summed E-state index contributed by atoms with van der Waals surface area (Å²) in [5, 5.41) is -0.569. The molecule has 17 heavy (non-hydrogen) atoms. The van der Waals surface area contributed by atoms with Crippen LogP contribution in [0.1, 0.15) is 18.9 Å². The van der Waals surface area contributed by atoms with Crippen LogP contribution in [0, 0.1) is 5.82 Å². The number of rotatable bonds is 5. The summed E-state index contributed by atoms with van der Waals surface area (Å²) in [4.78, 5) is 0.